The second-order valence-electron chi connectivity index (χ2n) is 4.88. The number of hydrogen-bond donors (Lipinski definition) is 2. The Bertz CT molecular complexity index is 613. The van der Waals surface area contributed by atoms with Crippen molar-refractivity contribution < 1.29 is 4.39 Å². The molecule has 2 unspecified atom stereocenters. The fourth-order valence-electron chi connectivity index (χ4n) is 2.44. The molecule has 0 spiro atoms. The minimum Gasteiger partial charge on any atom is -0.368 e. The first kappa shape index (κ1) is 13.2. The van der Waals surface area contributed by atoms with Crippen LogP contribution in [0.25, 0.3) is 0 Å². The van der Waals surface area contributed by atoms with Gasteiger partial charge in [-0.1, -0.05) is 0 Å². The maximum absolute atomic E-state index is 13.3. The lowest BCUT2D eigenvalue weighted by Crippen LogP contribution is -2.18. The maximum atomic E-state index is 13.3. The summed E-state index contributed by atoms with van der Waals surface area (Å²) < 4.78 is 13.3. The Kier molecular flexibility index (Phi) is 3.52. The van der Waals surface area contributed by atoms with Gasteiger partial charge < -0.3 is 11.1 Å². The van der Waals surface area contributed by atoms with Gasteiger partial charge in [0.25, 0.3) is 0 Å². The zero-order valence-corrected chi connectivity index (χ0v) is 12.0. The number of nitrogen functional groups attached to an aromatic ring is 1. The monoisotopic (exact) mass is 293 g/mol. The minimum atomic E-state index is -1.26. The van der Waals surface area contributed by atoms with Gasteiger partial charge in [-0.2, -0.15) is 15.0 Å². The number of alkyl halides is 1. The van der Waals surface area contributed by atoms with E-state index in [0.29, 0.717) is 5.95 Å². The molecule has 7 heteroatoms. The van der Waals surface area contributed by atoms with Crippen LogP contribution in [0, 0.1) is 0 Å². The molecule has 2 aromatic heterocycles. The summed E-state index contributed by atoms with van der Waals surface area (Å²) >= 11 is 1.77. The molecule has 106 valence electrons. The molecule has 1 aliphatic rings. The third-order valence-corrected chi connectivity index (χ3v) is 4.38. The number of thiophene rings is 1. The molecule has 3 rings (SSSR count). The van der Waals surface area contributed by atoms with Gasteiger partial charge in [-0.25, -0.2) is 4.39 Å². The van der Waals surface area contributed by atoms with Crippen LogP contribution in [0.1, 0.15) is 48.2 Å². The van der Waals surface area contributed by atoms with Gasteiger partial charge >= 0.3 is 0 Å². The second-order valence-corrected chi connectivity index (χ2v) is 5.88. The standard InChI is InChI=1S/C13H16FN5S/c1-7(14)11-17-12(15)19-13(18-11)16-9-3-2-4-10-8(9)5-6-20-10/h5-7,9H,2-4H2,1H3,(H3,15,16,17,18,19). The number of nitrogens with zero attached hydrogens (tertiary/aromatic N) is 3. The van der Waals surface area contributed by atoms with E-state index in [4.69, 9.17) is 5.73 Å². The fraction of sp³-hybridized carbons (Fsp3) is 0.462. The van der Waals surface area contributed by atoms with Crippen LogP contribution < -0.4 is 11.1 Å². The van der Waals surface area contributed by atoms with Crippen LogP contribution in [-0.2, 0) is 6.42 Å². The number of halogens is 1. The van der Waals surface area contributed by atoms with Gasteiger partial charge in [-0.3, -0.25) is 0 Å². The average Bonchev–Trinajstić information content (AvgIpc) is 2.87. The predicted octanol–water partition coefficient (Wildman–Crippen LogP) is 3.04. The first-order valence-corrected chi connectivity index (χ1v) is 7.50. The quantitative estimate of drug-likeness (QED) is 0.909. The molecule has 0 aromatic carbocycles. The summed E-state index contributed by atoms with van der Waals surface area (Å²) in [5.41, 5.74) is 6.90. The number of aryl methyl sites for hydroxylation is 1. The van der Waals surface area contributed by atoms with E-state index in [-0.39, 0.29) is 17.8 Å². The van der Waals surface area contributed by atoms with E-state index in [1.54, 1.807) is 11.3 Å². The largest absolute Gasteiger partial charge is 0.368 e. The zero-order chi connectivity index (χ0) is 14.1. The zero-order valence-electron chi connectivity index (χ0n) is 11.1. The number of nitrogens with two attached hydrogens (primary N) is 1. The average molecular weight is 293 g/mol. The highest BCUT2D eigenvalue weighted by molar-refractivity contribution is 7.10. The van der Waals surface area contributed by atoms with Crippen molar-refractivity contribution in [3.05, 3.63) is 27.7 Å². The molecule has 0 aliphatic heterocycles. The summed E-state index contributed by atoms with van der Waals surface area (Å²) in [5.74, 6) is 0.464. The first-order valence-electron chi connectivity index (χ1n) is 6.62. The lowest BCUT2D eigenvalue weighted by atomic mass is 9.94. The highest BCUT2D eigenvalue weighted by Crippen LogP contribution is 2.35. The number of fused-ring (bicyclic) bond motifs is 1. The van der Waals surface area contributed by atoms with Crippen molar-refractivity contribution in [3.8, 4) is 0 Å². The van der Waals surface area contributed by atoms with E-state index < -0.39 is 6.17 Å². The van der Waals surface area contributed by atoms with Gasteiger partial charge in [0.1, 0.15) is 0 Å². The molecule has 2 atom stereocenters. The van der Waals surface area contributed by atoms with Crippen molar-refractivity contribution in [3.63, 3.8) is 0 Å². The molecule has 0 saturated carbocycles. The highest BCUT2D eigenvalue weighted by Gasteiger charge is 2.22. The molecule has 3 N–H and O–H groups in total. The van der Waals surface area contributed by atoms with E-state index in [2.05, 4.69) is 31.7 Å². The van der Waals surface area contributed by atoms with Gasteiger partial charge in [-0.15, -0.1) is 11.3 Å². The molecule has 1 aliphatic carbocycles. The van der Waals surface area contributed by atoms with Crippen LogP contribution >= 0.6 is 11.3 Å². The van der Waals surface area contributed by atoms with Crippen molar-refractivity contribution >= 4 is 23.2 Å². The predicted molar refractivity (Wildman–Crippen MR) is 77.4 cm³/mol. The summed E-state index contributed by atoms with van der Waals surface area (Å²) in [6, 6.07) is 2.29. The lowest BCUT2D eigenvalue weighted by Gasteiger charge is -2.23. The van der Waals surface area contributed by atoms with Crippen LogP contribution in [0.15, 0.2) is 11.4 Å². The van der Waals surface area contributed by atoms with Gasteiger partial charge in [0.05, 0.1) is 6.04 Å². The number of rotatable bonds is 3. The molecule has 0 fully saturated rings. The third-order valence-electron chi connectivity index (χ3n) is 3.38. The van der Waals surface area contributed by atoms with Gasteiger partial charge in [0.15, 0.2) is 12.0 Å². The van der Waals surface area contributed by atoms with Crippen LogP contribution in [0.4, 0.5) is 16.3 Å². The molecule has 5 nitrogen and oxygen atoms in total. The molecule has 0 amide bonds. The van der Waals surface area contributed by atoms with Crippen LogP contribution in [0.2, 0.25) is 0 Å². The molecular weight excluding hydrogens is 277 g/mol. The maximum Gasteiger partial charge on any atom is 0.228 e. The van der Waals surface area contributed by atoms with Crippen molar-refractivity contribution in [1.29, 1.82) is 0 Å². The first-order chi connectivity index (χ1) is 9.63. The Morgan fingerprint density at radius 2 is 2.30 bits per heavy atom. The molecule has 0 saturated heterocycles. The Labute approximate surface area is 120 Å². The lowest BCUT2D eigenvalue weighted by molar-refractivity contribution is 0.356. The molecule has 20 heavy (non-hydrogen) atoms. The fourth-order valence-corrected chi connectivity index (χ4v) is 3.43. The number of anilines is 2. The Hall–Kier alpha value is -1.76. The Balaban J connectivity index is 1.86. The highest BCUT2D eigenvalue weighted by atomic mass is 32.1. The Morgan fingerprint density at radius 3 is 3.10 bits per heavy atom. The van der Waals surface area contributed by atoms with Gasteiger partial charge in [0, 0.05) is 4.88 Å². The van der Waals surface area contributed by atoms with Crippen molar-refractivity contribution in [1.82, 2.24) is 15.0 Å². The van der Waals surface area contributed by atoms with Gasteiger partial charge in [-0.05, 0) is 43.2 Å². The molecule has 0 radical (unpaired) electrons. The topological polar surface area (TPSA) is 76.7 Å². The minimum absolute atomic E-state index is 0.0448. The van der Waals surface area contributed by atoms with Crippen molar-refractivity contribution in [2.45, 2.75) is 38.4 Å². The van der Waals surface area contributed by atoms with E-state index in [0.717, 1.165) is 19.3 Å². The molecule has 0 bridgehead atoms. The summed E-state index contributed by atoms with van der Waals surface area (Å²) in [5, 5.41) is 5.36. The van der Waals surface area contributed by atoms with E-state index in [9.17, 15) is 4.39 Å². The normalized spacial score (nSPS) is 19.4. The third kappa shape index (κ3) is 2.58. The summed E-state index contributed by atoms with van der Waals surface area (Å²) in [6.07, 6.45) is 1.99. The van der Waals surface area contributed by atoms with Gasteiger partial charge in [0.2, 0.25) is 11.9 Å². The SMILES string of the molecule is CC(F)c1nc(N)nc(NC2CCCc3sccc32)n1. The van der Waals surface area contributed by atoms with E-state index in [1.807, 2.05) is 0 Å². The summed E-state index contributed by atoms with van der Waals surface area (Å²) in [4.78, 5) is 13.3. The van der Waals surface area contributed by atoms with E-state index in [1.165, 1.54) is 17.4 Å². The number of nitrogens with one attached hydrogen (secondary N) is 1. The summed E-state index contributed by atoms with van der Waals surface area (Å²) in [7, 11) is 0. The van der Waals surface area contributed by atoms with Crippen LogP contribution in [-0.4, -0.2) is 15.0 Å². The van der Waals surface area contributed by atoms with Crippen molar-refractivity contribution in [2.24, 2.45) is 0 Å². The van der Waals surface area contributed by atoms with Crippen molar-refractivity contribution in [2.75, 3.05) is 11.1 Å². The summed E-state index contributed by atoms with van der Waals surface area (Å²) in [6.45, 7) is 1.39. The number of hydrogen-bond acceptors (Lipinski definition) is 6. The smallest absolute Gasteiger partial charge is 0.228 e. The molecular formula is C13H16FN5S. The van der Waals surface area contributed by atoms with Crippen LogP contribution in [0.5, 0.6) is 0 Å². The second kappa shape index (κ2) is 5.32. The Morgan fingerprint density at radius 1 is 1.45 bits per heavy atom. The van der Waals surface area contributed by atoms with E-state index >= 15 is 0 Å². The number of aromatic nitrogens is 3. The molecule has 2 aromatic rings. The van der Waals surface area contributed by atoms with Crippen LogP contribution in [0.3, 0.4) is 0 Å². The molecule has 2 heterocycles.